The van der Waals surface area contributed by atoms with E-state index in [0.717, 1.165) is 5.56 Å². The number of hydrogen-bond donors (Lipinski definition) is 0. The van der Waals surface area contributed by atoms with Gasteiger partial charge in [0.2, 0.25) is 0 Å². The molecule has 0 bridgehead atoms. The van der Waals surface area contributed by atoms with Crippen LogP contribution in [0.15, 0.2) is 125 Å². The van der Waals surface area contributed by atoms with Gasteiger partial charge in [-0.2, -0.15) is 0 Å². The molecule has 0 aliphatic carbocycles. The average Bonchev–Trinajstić information content (AvgIpc) is 2.93. The van der Waals surface area contributed by atoms with E-state index < -0.39 is 43.6 Å². The molecule has 0 saturated carbocycles. The van der Waals surface area contributed by atoms with Crippen LogP contribution in [0.4, 0.5) is 0 Å². The van der Waals surface area contributed by atoms with Gasteiger partial charge in [0, 0.05) is 0 Å². The molecule has 0 saturated heterocycles. The maximum absolute atomic E-state index is 4.19. The fourth-order valence-corrected chi connectivity index (χ4v) is 39.5. The Morgan fingerprint density at radius 3 is 1.43 bits per heavy atom. The second-order valence-electron chi connectivity index (χ2n) is 13.3. The van der Waals surface area contributed by atoms with Crippen molar-refractivity contribution in [1.82, 2.24) is 0 Å². The molecule has 0 aromatic heterocycles. The molecular formula is C36H43AlGeSi2. The van der Waals surface area contributed by atoms with E-state index >= 15 is 0 Å². The van der Waals surface area contributed by atoms with Crippen molar-refractivity contribution in [3.63, 3.8) is 0 Å². The van der Waals surface area contributed by atoms with Crippen LogP contribution in [-0.4, -0.2) is 43.6 Å². The third-order valence-electron chi connectivity index (χ3n) is 7.29. The molecule has 0 aliphatic rings. The van der Waals surface area contributed by atoms with Crippen molar-refractivity contribution in [2.75, 3.05) is 0 Å². The van der Waals surface area contributed by atoms with E-state index in [4.69, 9.17) is 0 Å². The van der Waals surface area contributed by atoms with E-state index in [1.807, 2.05) is 0 Å². The first-order chi connectivity index (χ1) is 19.1. The summed E-state index contributed by atoms with van der Waals surface area (Å²) in [5.41, 5.74) is 2.43. The molecule has 0 atom stereocenters. The van der Waals surface area contributed by atoms with Crippen LogP contribution < -0.4 is 8.79 Å². The van der Waals surface area contributed by atoms with Gasteiger partial charge < -0.3 is 0 Å². The zero-order valence-electron chi connectivity index (χ0n) is 25.1. The molecule has 0 unspecified atom stereocenters. The predicted octanol–water partition coefficient (Wildman–Crippen LogP) is 8.25. The van der Waals surface area contributed by atoms with Crippen molar-refractivity contribution in [1.29, 1.82) is 0 Å². The van der Waals surface area contributed by atoms with Crippen LogP contribution in [-0.2, 0) is 0 Å². The van der Waals surface area contributed by atoms with Gasteiger partial charge in [-0.25, -0.2) is 0 Å². The summed E-state index contributed by atoms with van der Waals surface area (Å²) in [5, 5.41) is 0. The summed E-state index contributed by atoms with van der Waals surface area (Å²) < 4.78 is 8.87. The molecule has 0 spiro atoms. The van der Waals surface area contributed by atoms with Gasteiger partial charge in [0.05, 0.1) is 0 Å². The molecule has 4 aromatic carbocycles. The first-order valence-electron chi connectivity index (χ1n) is 14.5. The summed E-state index contributed by atoms with van der Waals surface area (Å²) >= 11 is -4.85. The normalized spacial score (nSPS) is 12.4. The molecule has 0 radical (unpaired) electrons. The van der Waals surface area contributed by atoms with Gasteiger partial charge in [-0.15, -0.1) is 0 Å². The van der Waals surface area contributed by atoms with Crippen molar-refractivity contribution >= 4 is 58.4 Å². The second-order valence-corrected chi connectivity index (χ2v) is 37.4. The quantitative estimate of drug-likeness (QED) is 0.129. The van der Waals surface area contributed by atoms with Crippen molar-refractivity contribution in [2.24, 2.45) is 0 Å². The third kappa shape index (κ3) is 8.36. The van der Waals surface area contributed by atoms with Crippen LogP contribution in [0.1, 0.15) is 11.1 Å². The van der Waals surface area contributed by atoms with Crippen molar-refractivity contribution in [2.45, 2.75) is 49.1 Å². The molecule has 40 heavy (non-hydrogen) atoms. The SMILES string of the molecule is C[Si](C)(C)[CH2][Al]([CH2][Si](C)(C)C)/[C](=C\c1ccccc1)[Ge]([C]#Cc1ccccc1)([c]1ccccc1)[c]1ccccc1. The average molecular weight is 632 g/mol. The van der Waals surface area contributed by atoms with E-state index in [1.165, 1.54) is 24.2 Å². The minimum absolute atomic E-state index is 1.11. The van der Waals surface area contributed by atoms with Crippen LogP contribution in [0.2, 0.25) is 49.1 Å². The Kier molecular flexibility index (Phi) is 10.4. The van der Waals surface area contributed by atoms with Crippen LogP contribution in [0.3, 0.4) is 0 Å². The van der Waals surface area contributed by atoms with Gasteiger partial charge in [-0.3, -0.25) is 0 Å². The van der Waals surface area contributed by atoms with E-state index in [2.05, 4.69) is 177 Å². The Hall–Kier alpha value is -2.31. The van der Waals surface area contributed by atoms with Crippen LogP contribution in [0.5, 0.6) is 0 Å². The topological polar surface area (TPSA) is 0 Å². The van der Waals surface area contributed by atoms with E-state index in [1.54, 1.807) is 3.27 Å². The Bertz CT molecular complexity index is 1390. The third-order valence-corrected chi connectivity index (χ3v) is 35.1. The summed E-state index contributed by atoms with van der Waals surface area (Å²) in [5.74, 6) is 3.77. The standard InChI is InChI=1S/C28H21Ge.2C4H11Si.Al/c1-5-13-25(14-6-1)21-23-29(27-17-9-3-10-18-27,28-19-11-4-12-20-28)24-22-26-15-7-2-8-16-26;2*1-5(2,3)4;/h1-21H;2*1H2,2-4H3;. The van der Waals surface area contributed by atoms with Gasteiger partial charge in [0.25, 0.3) is 0 Å². The zero-order valence-corrected chi connectivity index (χ0v) is 30.4. The summed E-state index contributed by atoms with van der Waals surface area (Å²) in [4.78, 5) is 2.85. The molecule has 202 valence electrons. The minimum atomic E-state index is -3.46. The molecule has 0 N–H and O–H groups in total. The van der Waals surface area contributed by atoms with Crippen molar-refractivity contribution in [3.8, 4) is 10.7 Å². The zero-order chi connectivity index (χ0) is 28.6. The summed E-state index contributed by atoms with van der Waals surface area (Å²) in [7, 11) is -2.69. The molecule has 0 fully saturated rings. The van der Waals surface area contributed by atoms with Gasteiger partial charge in [-0.05, 0) is 0 Å². The van der Waals surface area contributed by atoms with Gasteiger partial charge >= 0.3 is 254 Å². The van der Waals surface area contributed by atoms with Crippen LogP contribution >= 0.6 is 0 Å². The van der Waals surface area contributed by atoms with Gasteiger partial charge in [-0.1, -0.05) is 0 Å². The van der Waals surface area contributed by atoms with Crippen molar-refractivity contribution < 1.29 is 0 Å². The molecule has 4 aromatic rings. The predicted molar refractivity (Wildman–Crippen MR) is 188 cm³/mol. The summed E-state index contributed by atoms with van der Waals surface area (Å²) in [6.45, 7) is 15.5. The molecule has 4 rings (SSSR count). The Morgan fingerprint density at radius 2 is 1.00 bits per heavy atom. The van der Waals surface area contributed by atoms with E-state index in [9.17, 15) is 0 Å². The van der Waals surface area contributed by atoms with E-state index in [-0.39, 0.29) is 0 Å². The maximum atomic E-state index is 4.19. The monoisotopic (exact) mass is 632 g/mol. The first-order valence-corrected chi connectivity index (χ1v) is 28.4. The number of rotatable bonds is 9. The fourth-order valence-electron chi connectivity index (χ4n) is 5.81. The molecule has 0 amide bonds. The molecule has 0 nitrogen and oxygen atoms in total. The molecular weight excluding hydrogens is 588 g/mol. The summed E-state index contributed by atoms with van der Waals surface area (Å²) in [6, 6.07) is 44.5. The Labute approximate surface area is 252 Å². The molecule has 4 heteroatoms. The molecule has 0 heterocycles. The van der Waals surface area contributed by atoms with Gasteiger partial charge in [0.1, 0.15) is 0 Å². The molecule has 0 aliphatic heterocycles. The van der Waals surface area contributed by atoms with Crippen molar-refractivity contribution in [3.05, 3.63) is 136 Å². The van der Waals surface area contributed by atoms with Gasteiger partial charge in [0.15, 0.2) is 0 Å². The Morgan fingerprint density at radius 1 is 0.600 bits per heavy atom. The van der Waals surface area contributed by atoms with Crippen LogP contribution in [0.25, 0.3) is 6.08 Å². The number of benzene rings is 4. The van der Waals surface area contributed by atoms with E-state index in [0.29, 0.717) is 0 Å². The second kappa shape index (κ2) is 13.6. The number of hydrogen-bond acceptors (Lipinski definition) is 0. The first kappa shape index (κ1) is 30.6. The Balaban J connectivity index is 2.14. The fraction of sp³-hybridized carbons (Fsp3) is 0.222. The summed E-state index contributed by atoms with van der Waals surface area (Å²) in [6.07, 6.45) is 2.64. The van der Waals surface area contributed by atoms with Crippen LogP contribution in [0, 0.1) is 10.7 Å².